The lowest BCUT2D eigenvalue weighted by Crippen LogP contribution is -2.34. The minimum Gasteiger partial charge on any atom is -0.378 e. The van der Waals surface area contributed by atoms with E-state index in [0.29, 0.717) is 19.7 Å². The number of carbonyl (C=O) groups is 1. The van der Waals surface area contributed by atoms with Crippen LogP contribution in [0.2, 0.25) is 0 Å². The molecule has 1 unspecified atom stereocenters. The minimum atomic E-state index is -0.274. The van der Waals surface area contributed by atoms with E-state index >= 15 is 0 Å². The number of hydrogen-bond acceptors (Lipinski definition) is 5. The van der Waals surface area contributed by atoms with Crippen LogP contribution in [0.3, 0.4) is 0 Å². The van der Waals surface area contributed by atoms with Gasteiger partial charge in [0.2, 0.25) is 0 Å². The second-order valence-corrected chi connectivity index (χ2v) is 5.65. The molecule has 1 saturated heterocycles. The number of methoxy groups -OCH3 is 1. The second-order valence-electron chi connectivity index (χ2n) is 5.65. The van der Waals surface area contributed by atoms with Gasteiger partial charge in [-0.2, -0.15) is 0 Å². The van der Waals surface area contributed by atoms with Gasteiger partial charge in [0.25, 0.3) is 11.5 Å². The highest BCUT2D eigenvalue weighted by atomic mass is 16.5. The van der Waals surface area contributed by atoms with Gasteiger partial charge in [-0.05, 0) is 18.6 Å². The summed E-state index contributed by atoms with van der Waals surface area (Å²) in [5.74, 6) is -0.231. The van der Waals surface area contributed by atoms with E-state index in [0.717, 1.165) is 12.1 Å². The van der Waals surface area contributed by atoms with Crippen molar-refractivity contribution in [2.75, 3.05) is 20.2 Å². The fourth-order valence-corrected chi connectivity index (χ4v) is 2.78. The molecule has 1 aliphatic heterocycles. The SMILES string of the molecule is COCc1cn(C2CCN(C(=O)c3cccn(C)c3=O)C2)nn1. The zero-order chi connectivity index (χ0) is 16.4. The number of hydrogen-bond donors (Lipinski definition) is 0. The van der Waals surface area contributed by atoms with Gasteiger partial charge >= 0.3 is 0 Å². The number of pyridine rings is 1. The average molecular weight is 317 g/mol. The summed E-state index contributed by atoms with van der Waals surface area (Å²) >= 11 is 0. The molecule has 0 aliphatic carbocycles. The zero-order valence-corrected chi connectivity index (χ0v) is 13.2. The van der Waals surface area contributed by atoms with E-state index in [1.54, 1.807) is 42.1 Å². The Hall–Kier alpha value is -2.48. The smallest absolute Gasteiger partial charge is 0.263 e. The fraction of sp³-hybridized carbons (Fsp3) is 0.467. The highest BCUT2D eigenvalue weighted by Gasteiger charge is 2.30. The maximum absolute atomic E-state index is 12.6. The average Bonchev–Trinajstić information content (AvgIpc) is 3.18. The molecule has 3 heterocycles. The molecule has 8 nitrogen and oxygen atoms in total. The quantitative estimate of drug-likeness (QED) is 0.805. The van der Waals surface area contributed by atoms with E-state index in [2.05, 4.69) is 10.3 Å². The Morgan fingerprint density at radius 3 is 3.09 bits per heavy atom. The van der Waals surface area contributed by atoms with Crippen LogP contribution in [0.5, 0.6) is 0 Å². The van der Waals surface area contributed by atoms with Crippen LogP contribution in [0.4, 0.5) is 0 Å². The van der Waals surface area contributed by atoms with E-state index in [-0.39, 0.29) is 23.1 Å². The summed E-state index contributed by atoms with van der Waals surface area (Å²) in [5, 5.41) is 8.13. The van der Waals surface area contributed by atoms with Crippen molar-refractivity contribution in [3.05, 3.63) is 46.1 Å². The number of aromatic nitrogens is 4. The third-order valence-corrected chi connectivity index (χ3v) is 4.03. The molecule has 0 spiro atoms. The number of aryl methyl sites for hydroxylation is 1. The molecular weight excluding hydrogens is 298 g/mol. The Bertz CT molecular complexity index is 766. The van der Waals surface area contributed by atoms with Crippen molar-refractivity contribution in [1.82, 2.24) is 24.5 Å². The van der Waals surface area contributed by atoms with Gasteiger partial charge in [-0.1, -0.05) is 5.21 Å². The highest BCUT2D eigenvalue weighted by molar-refractivity contribution is 5.94. The molecule has 2 aromatic rings. The van der Waals surface area contributed by atoms with E-state index in [1.807, 2.05) is 6.20 Å². The molecule has 8 heteroatoms. The van der Waals surface area contributed by atoms with Crippen LogP contribution in [0, 0.1) is 0 Å². The number of likely N-dealkylation sites (tertiary alicyclic amines) is 1. The summed E-state index contributed by atoms with van der Waals surface area (Å²) in [5.41, 5.74) is 0.688. The lowest BCUT2D eigenvalue weighted by atomic mass is 10.2. The number of nitrogens with zero attached hydrogens (tertiary/aromatic N) is 5. The Morgan fingerprint density at radius 2 is 2.30 bits per heavy atom. The molecule has 0 N–H and O–H groups in total. The van der Waals surface area contributed by atoms with E-state index < -0.39 is 0 Å². The standard InChI is InChI=1S/C15H19N5O3/c1-18-6-3-4-13(14(18)21)15(22)19-7-5-12(9-19)20-8-11(10-23-2)16-17-20/h3-4,6,8,12H,5,7,9-10H2,1-2H3. The van der Waals surface area contributed by atoms with Crippen molar-refractivity contribution in [1.29, 1.82) is 0 Å². The molecule has 1 fully saturated rings. The van der Waals surface area contributed by atoms with Crippen LogP contribution < -0.4 is 5.56 Å². The highest BCUT2D eigenvalue weighted by Crippen LogP contribution is 2.22. The van der Waals surface area contributed by atoms with Crippen LogP contribution in [0.15, 0.2) is 29.3 Å². The Balaban J connectivity index is 1.72. The molecule has 1 aliphatic rings. The summed E-state index contributed by atoms with van der Waals surface area (Å²) in [6.07, 6.45) is 4.26. The van der Waals surface area contributed by atoms with Crippen molar-refractivity contribution < 1.29 is 9.53 Å². The third kappa shape index (κ3) is 3.02. The summed E-state index contributed by atoms with van der Waals surface area (Å²) in [6, 6.07) is 3.35. The van der Waals surface area contributed by atoms with Gasteiger partial charge in [-0.3, -0.25) is 9.59 Å². The van der Waals surface area contributed by atoms with E-state index in [4.69, 9.17) is 4.74 Å². The molecule has 2 aromatic heterocycles. The molecule has 1 amide bonds. The molecule has 23 heavy (non-hydrogen) atoms. The predicted molar refractivity (Wildman–Crippen MR) is 82.0 cm³/mol. The number of rotatable bonds is 4. The summed E-state index contributed by atoms with van der Waals surface area (Å²) in [6.45, 7) is 1.53. The molecule has 3 rings (SSSR count). The third-order valence-electron chi connectivity index (χ3n) is 4.03. The van der Waals surface area contributed by atoms with Gasteiger partial charge in [0, 0.05) is 33.4 Å². The molecular formula is C15H19N5O3. The largest absolute Gasteiger partial charge is 0.378 e. The Morgan fingerprint density at radius 1 is 1.48 bits per heavy atom. The topological polar surface area (TPSA) is 82.2 Å². The summed E-state index contributed by atoms with van der Waals surface area (Å²) < 4.78 is 8.21. The van der Waals surface area contributed by atoms with Gasteiger partial charge in [0.05, 0.1) is 18.8 Å². The van der Waals surface area contributed by atoms with Gasteiger partial charge < -0.3 is 14.2 Å². The second kappa shape index (κ2) is 6.33. The van der Waals surface area contributed by atoms with Crippen LogP contribution in [-0.2, 0) is 18.4 Å². The zero-order valence-electron chi connectivity index (χ0n) is 13.2. The van der Waals surface area contributed by atoms with E-state index in [1.165, 1.54) is 4.57 Å². The van der Waals surface area contributed by atoms with Crippen LogP contribution in [0.25, 0.3) is 0 Å². The van der Waals surface area contributed by atoms with Gasteiger partial charge in [-0.25, -0.2) is 4.68 Å². The summed E-state index contributed by atoms with van der Waals surface area (Å²) in [7, 11) is 3.24. The van der Waals surface area contributed by atoms with Crippen molar-refractivity contribution in [3.8, 4) is 0 Å². The molecule has 0 aromatic carbocycles. The maximum atomic E-state index is 12.6. The van der Waals surface area contributed by atoms with Crippen LogP contribution >= 0.6 is 0 Å². The Labute approximate surface area is 133 Å². The lowest BCUT2D eigenvalue weighted by molar-refractivity contribution is 0.0784. The molecule has 0 bridgehead atoms. The fourth-order valence-electron chi connectivity index (χ4n) is 2.78. The number of carbonyl (C=O) groups excluding carboxylic acids is 1. The first-order valence-corrected chi connectivity index (χ1v) is 7.44. The van der Waals surface area contributed by atoms with Crippen LogP contribution in [-0.4, -0.2) is 50.6 Å². The number of ether oxygens (including phenoxy) is 1. The predicted octanol–water partition coefficient (Wildman–Crippen LogP) is 0.210. The molecule has 0 radical (unpaired) electrons. The number of amides is 1. The molecule has 1 atom stereocenters. The summed E-state index contributed by atoms with van der Waals surface area (Å²) in [4.78, 5) is 26.3. The Kier molecular flexibility index (Phi) is 4.24. The van der Waals surface area contributed by atoms with Crippen molar-refractivity contribution in [2.45, 2.75) is 19.1 Å². The van der Waals surface area contributed by atoms with Gasteiger partial charge in [0.1, 0.15) is 11.3 Å². The van der Waals surface area contributed by atoms with Crippen LogP contribution in [0.1, 0.15) is 28.5 Å². The first-order valence-electron chi connectivity index (χ1n) is 7.44. The maximum Gasteiger partial charge on any atom is 0.263 e. The minimum absolute atomic E-state index is 0.0737. The van der Waals surface area contributed by atoms with E-state index in [9.17, 15) is 9.59 Å². The first-order chi connectivity index (χ1) is 11.1. The normalized spacial score (nSPS) is 17.7. The monoisotopic (exact) mass is 317 g/mol. The lowest BCUT2D eigenvalue weighted by Gasteiger charge is -2.16. The molecule has 0 saturated carbocycles. The van der Waals surface area contributed by atoms with Crippen molar-refractivity contribution in [2.24, 2.45) is 7.05 Å². The van der Waals surface area contributed by atoms with Gasteiger partial charge in [-0.15, -0.1) is 5.10 Å². The molecule has 122 valence electrons. The van der Waals surface area contributed by atoms with Crippen molar-refractivity contribution in [3.63, 3.8) is 0 Å². The first kappa shape index (κ1) is 15.4. The van der Waals surface area contributed by atoms with Gasteiger partial charge in [0.15, 0.2) is 0 Å². The van der Waals surface area contributed by atoms with Crippen molar-refractivity contribution >= 4 is 5.91 Å².